The number of hydrogen-bond donors (Lipinski definition) is 0. The second kappa shape index (κ2) is 18.8. The van der Waals surface area contributed by atoms with Crippen LogP contribution in [0.4, 0.5) is 0 Å². The Balaban J connectivity index is 0.00000676. The van der Waals surface area contributed by atoms with Crippen LogP contribution in [0.3, 0.4) is 0 Å². The van der Waals surface area contributed by atoms with Gasteiger partial charge in [0.1, 0.15) is 0 Å². The summed E-state index contributed by atoms with van der Waals surface area (Å²) < 4.78 is 29.0. The summed E-state index contributed by atoms with van der Waals surface area (Å²) in [5.74, 6) is 0. The number of benzene rings is 1. The molecule has 0 bridgehead atoms. The molecule has 0 aliphatic rings. The second-order valence-corrected chi connectivity index (χ2v) is 8.80. The zero-order chi connectivity index (χ0) is 18.9. The van der Waals surface area contributed by atoms with Crippen LogP contribution in [0.2, 0.25) is 0 Å². The van der Waals surface area contributed by atoms with Crippen LogP contribution >= 0.6 is 0 Å². The van der Waals surface area contributed by atoms with Gasteiger partial charge in [0, 0.05) is 51.4 Å². The Morgan fingerprint density at radius 2 is 1.07 bits per heavy atom. The third kappa shape index (κ3) is 15.3. The maximum absolute atomic E-state index is 11.9. The fraction of sp³-hybridized carbons (Fsp3) is 0.727. The quantitative estimate of drug-likeness (QED) is 0.164. The first-order valence-corrected chi connectivity index (χ1v) is 12.0. The number of rotatable bonds is 17. The van der Waals surface area contributed by atoms with E-state index in [9.17, 15) is 8.42 Å². The molecule has 151 valence electrons. The van der Waals surface area contributed by atoms with Gasteiger partial charge in [-0.1, -0.05) is 109 Å². The molecule has 3 nitrogen and oxygen atoms in total. The van der Waals surface area contributed by atoms with Crippen LogP contribution in [0.5, 0.6) is 0 Å². The summed E-state index contributed by atoms with van der Waals surface area (Å²) in [6.45, 7) is 2.55. The van der Waals surface area contributed by atoms with Gasteiger partial charge in [0.15, 0.2) is 0 Å². The Labute approximate surface area is 210 Å². The van der Waals surface area contributed by atoms with Crippen LogP contribution in [0.25, 0.3) is 0 Å². The smallest absolute Gasteiger partial charge is 0.266 e. The Morgan fingerprint density at radius 1 is 0.667 bits per heavy atom. The van der Waals surface area contributed by atoms with E-state index in [1.165, 1.54) is 77.0 Å². The molecule has 0 saturated heterocycles. The first kappa shape index (κ1) is 27.8. The van der Waals surface area contributed by atoms with E-state index in [1.807, 2.05) is 0 Å². The van der Waals surface area contributed by atoms with Gasteiger partial charge in [0.2, 0.25) is 0 Å². The third-order valence-electron chi connectivity index (χ3n) is 4.77. The summed E-state index contributed by atoms with van der Waals surface area (Å²) in [5, 5.41) is 0. The minimum absolute atomic E-state index is 0. The standard InChI is InChI=1S/C22H38O3S.K/c1-2-3-4-5-6-7-8-9-10-11-12-13-14-18-21-25-26(23,24)22-19-16-15-17-20-22;/h15-17,19-20H,2-14,18,21H2,1H3;. The van der Waals surface area contributed by atoms with Gasteiger partial charge in [-0.25, -0.2) is 0 Å². The summed E-state index contributed by atoms with van der Waals surface area (Å²) in [6.07, 6.45) is 18.0. The van der Waals surface area contributed by atoms with Crippen molar-refractivity contribution in [1.29, 1.82) is 0 Å². The molecule has 0 fully saturated rings. The first-order valence-electron chi connectivity index (χ1n) is 10.6. The molecule has 1 rings (SSSR count). The summed E-state index contributed by atoms with van der Waals surface area (Å²) in [5.41, 5.74) is 0. The Morgan fingerprint density at radius 3 is 1.52 bits per heavy atom. The molecule has 0 heterocycles. The van der Waals surface area contributed by atoms with Gasteiger partial charge in [-0.3, -0.25) is 4.18 Å². The molecule has 0 aromatic heterocycles. The SMILES string of the molecule is CCCCCCCCCCCCCCCCOS(=O)(=O)c1ccccc1.[K]. The van der Waals surface area contributed by atoms with Crippen LogP contribution in [0, 0.1) is 0 Å². The van der Waals surface area contributed by atoms with E-state index in [-0.39, 0.29) is 62.9 Å². The largest absolute Gasteiger partial charge is 0.296 e. The average Bonchev–Trinajstić information content (AvgIpc) is 2.65. The summed E-state index contributed by atoms with van der Waals surface area (Å²) in [4.78, 5) is 0.241. The molecule has 0 aliphatic carbocycles. The molecule has 0 spiro atoms. The molecule has 1 radical (unpaired) electrons. The van der Waals surface area contributed by atoms with E-state index in [1.54, 1.807) is 30.3 Å². The van der Waals surface area contributed by atoms with Gasteiger partial charge >= 0.3 is 0 Å². The van der Waals surface area contributed by atoms with Crippen molar-refractivity contribution < 1.29 is 12.6 Å². The van der Waals surface area contributed by atoms with E-state index in [2.05, 4.69) is 6.92 Å². The van der Waals surface area contributed by atoms with Gasteiger partial charge < -0.3 is 0 Å². The average molecular weight is 422 g/mol. The molecule has 27 heavy (non-hydrogen) atoms. The van der Waals surface area contributed by atoms with Crippen LogP contribution < -0.4 is 0 Å². The Bertz CT molecular complexity index is 532. The molecule has 1 aromatic carbocycles. The molecule has 5 heteroatoms. The molecule has 0 unspecified atom stereocenters. The third-order valence-corrected chi connectivity index (χ3v) is 6.09. The van der Waals surface area contributed by atoms with Crippen molar-refractivity contribution in [2.45, 2.75) is 102 Å². The van der Waals surface area contributed by atoms with Gasteiger partial charge in [0.05, 0.1) is 11.5 Å². The van der Waals surface area contributed by atoms with E-state index in [0.717, 1.165) is 12.8 Å². The van der Waals surface area contributed by atoms with Crippen LogP contribution in [0.1, 0.15) is 96.8 Å². The van der Waals surface area contributed by atoms with Gasteiger partial charge in [-0.15, -0.1) is 0 Å². The first-order chi connectivity index (χ1) is 12.7. The molecule has 0 saturated carbocycles. The number of unbranched alkanes of at least 4 members (excludes halogenated alkanes) is 13. The monoisotopic (exact) mass is 421 g/mol. The van der Waals surface area contributed by atoms with Crippen LogP contribution in [-0.4, -0.2) is 66.4 Å². The zero-order valence-corrected chi connectivity index (χ0v) is 21.6. The van der Waals surface area contributed by atoms with Gasteiger partial charge in [-0.05, 0) is 18.6 Å². The predicted octanol–water partition coefficient (Wildman–Crippen LogP) is 6.49. The van der Waals surface area contributed by atoms with Gasteiger partial charge in [0.25, 0.3) is 10.1 Å². The van der Waals surface area contributed by atoms with Crippen molar-refractivity contribution in [3.8, 4) is 0 Å². The maximum Gasteiger partial charge on any atom is 0.296 e. The molecule has 0 N–H and O–H groups in total. The van der Waals surface area contributed by atoms with Crippen molar-refractivity contribution in [3.63, 3.8) is 0 Å². The Hall–Kier alpha value is 0.766. The minimum atomic E-state index is -3.58. The molecular formula is C22H38KO3S. The zero-order valence-electron chi connectivity index (χ0n) is 17.6. The topological polar surface area (TPSA) is 43.4 Å². The van der Waals surface area contributed by atoms with Crippen molar-refractivity contribution in [1.82, 2.24) is 0 Å². The van der Waals surface area contributed by atoms with E-state index < -0.39 is 10.1 Å². The Kier molecular flexibility index (Phi) is 19.3. The second-order valence-electron chi connectivity index (χ2n) is 7.19. The van der Waals surface area contributed by atoms with Crippen molar-refractivity contribution >= 4 is 61.5 Å². The maximum atomic E-state index is 11.9. The molecule has 1 aromatic rings. The summed E-state index contributed by atoms with van der Waals surface area (Å²) >= 11 is 0. The molecule has 0 amide bonds. The summed E-state index contributed by atoms with van der Waals surface area (Å²) in [6, 6.07) is 8.36. The van der Waals surface area contributed by atoms with Crippen molar-refractivity contribution in [2.75, 3.05) is 6.61 Å². The summed E-state index contributed by atoms with van der Waals surface area (Å²) in [7, 11) is -3.58. The molecule has 0 aliphatic heterocycles. The normalized spacial score (nSPS) is 11.3. The predicted molar refractivity (Wildman–Crippen MR) is 116 cm³/mol. The fourth-order valence-corrected chi connectivity index (χ4v) is 4.08. The number of hydrogen-bond acceptors (Lipinski definition) is 3. The van der Waals surface area contributed by atoms with Gasteiger partial charge in [-0.2, -0.15) is 8.42 Å². The van der Waals surface area contributed by atoms with E-state index in [4.69, 9.17) is 4.18 Å². The van der Waals surface area contributed by atoms with E-state index >= 15 is 0 Å². The molecule has 0 atom stereocenters. The van der Waals surface area contributed by atoms with E-state index in [0.29, 0.717) is 0 Å². The minimum Gasteiger partial charge on any atom is -0.266 e. The van der Waals surface area contributed by atoms with Crippen LogP contribution in [0.15, 0.2) is 35.2 Å². The van der Waals surface area contributed by atoms with Crippen molar-refractivity contribution in [2.24, 2.45) is 0 Å². The fourth-order valence-electron chi connectivity index (χ4n) is 3.12. The van der Waals surface area contributed by atoms with Crippen LogP contribution in [-0.2, 0) is 14.3 Å². The molecular weight excluding hydrogens is 383 g/mol. The van der Waals surface area contributed by atoms with Crippen molar-refractivity contribution in [3.05, 3.63) is 30.3 Å².